The number of ether oxygens (including phenoxy) is 1. The van der Waals surface area contributed by atoms with E-state index in [-0.39, 0.29) is 18.0 Å². The number of carbonyl (C=O) groups excluding carboxylic acids is 1. The summed E-state index contributed by atoms with van der Waals surface area (Å²) in [6.45, 7) is 3.19. The molecule has 0 radical (unpaired) electrons. The average molecular weight is 420 g/mol. The van der Waals surface area contributed by atoms with Crippen LogP contribution in [0.5, 0.6) is 5.75 Å². The lowest BCUT2D eigenvalue weighted by Crippen LogP contribution is -2.33. The number of benzene rings is 2. The highest BCUT2D eigenvalue weighted by Crippen LogP contribution is 2.23. The van der Waals surface area contributed by atoms with Crippen molar-refractivity contribution in [3.8, 4) is 5.75 Å². The molecule has 0 atom stereocenters. The maximum atomic E-state index is 12.7. The Hall–Kier alpha value is -3.72. The number of nitrogens with one attached hydrogen (secondary N) is 1. The summed E-state index contributed by atoms with van der Waals surface area (Å²) < 4.78 is 8.66. The molecule has 0 unspecified atom stereocenters. The van der Waals surface area contributed by atoms with Gasteiger partial charge in [-0.05, 0) is 30.8 Å². The summed E-state index contributed by atoms with van der Waals surface area (Å²) in [5, 5.41) is 12.0. The lowest BCUT2D eigenvalue weighted by Gasteiger charge is -2.19. The van der Waals surface area contributed by atoms with Crippen LogP contribution in [0.1, 0.15) is 12.7 Å². The van der Waals surface area contributed by atoms with Crippen molar-refractivity contribution in [3.63, 3.8) is 0 Å². The first-order chi connectivity index (χ1) is 15.0. The third kappa shape index (κ3) is 3.87. The number of para-hydroxylation sites is 3. The second-order valence-electron chi connectivity index (χ2n) is 7.18. The molecule has 0 fully saturated rings. The van der Waals surface area contributed by atoms with Crippen LogP contribution in [0.25, 0.3) is 16.7 Å². The molecule has 0 aliphatic heterocycles. The molecular formula is C22H24N6O3. The van der Waals surface area contributed by atoms with E-state index in [0.29, 0.717) is 41.5 Å². The topological polar surface area (TPSA) is 93.8 Å². The maximum absolute atomic E-state index is 12.7. The van der Waals surface area contributed by atoms with Crippen molar-refractivity contribution < 1.29 is 9.53 Å². The monoisotopic (exact) mass is 420 g/mol. The van der Waals surface area contributed by atoms with Gasteiger partial charge in [0, 0.05) is 7.05 Å². The SMILES string of the molecule is CCN(CC(=O)Nc1ccccc1OC)Cc1nnc2n(C)c(=O)c3ccccc3n12. The van der Waals surface area contributed by atoms with Crippen LogP contribution in [0.3, 0.4) is 0 Å². The highest BCUT2D eigenvalue weighted by Gasteiger charge is 2.18. The van der Waals surface area contributed by atoms with Crippen LogP contribution in [-0.2, 0) is 18.4 Å². The normalized spacial score (nSPS) is 11.4. The van der Waals surface area contributed by atoms with E-state index in [1.165, 1.54) is 4.57 Å². The Bertz CT molecular complexity index is 1310. The zero-order chi connectivity index (χ0) is 22.0. The molecular weight excluding hydrogens is 396 g/mol. The number of hydrogen-bond donors (Lipinski definition) is 1. The average Bonchev–Trinajstić information content (AvgIpc) is 3.21. The molecule has 0 aliphatic rings. The fourth-order valence-electron chi connectivity index (χ4n) is 3.61. The molecule has 0 saturated carbocycles. The Labute approximate surface area is 178 Å². The van der Waals surface area contributed by atoms with Crippen LogP contribution < -0.4 is 15.6 Å². The van der Waals surface area contributed by atoms with Crippen molar-refractivity contribution in [2.24, 2.45) is 7.05 Å². The van der Waals surface area contributed by atoms with Gasteiger partial charge < -0.3 is 10.1 Å². The van der Waals surface area contributed by atoms with E-state index < -0.39 is 0 Å². The van der Waals surface area contributed by atoms with E-state index in [1.54, 1.807) is 32.4 Å². The van der Waals surface area contributed by atoms with Crippen LogP contribution in [0.4, 0.5) is 5.69 Å². The number of nitrogens with zero attached hydrogens (tertiary/aromatic N) is 5. The van der Waals surface area contributed by atoms with E-state index in [4.69, 9.17) is 4.74 Å². The molecule has 9 nitrogen and oxygen atoms in total. The van der Waals surface area contributed by atoms with Gasteiger partial charge in [-0.15, -0.1) is 10.2 Å². The van der Waals surface area contributed by atoms with Crippen molar-refractivity contribution in [1.82, 2.24) is 24.1 Å². The first-order valence-electron chi connectivity index (χ1n) is 10.0. The number of amides is 1. The fourth-order valence-corrected chi connectivity index (χ4v) is 3.61. The minimum absolute atomic E-state index is 0.120. The summed E-state index contributed by atoms with van der Waals surface area (Å²) in [5.74, 6) is 1.58. The van der Waals surface area contributed by atoms with Crippen molar-refractivity contribution in [3.05, 3.63) is 64.7 Å². The highest BCUT2D eigenvalue weighted by atomic mass is 16.5. The first kappa shape index (κ1) is 20.5. The number of fused-ring (bicyclic) bond motifs is 3. The Morgan fingerprint density at radius 1 is 1.13 bits per heavy atom. The molecule has 2 aromatic heterocycles. The number of likely N-dealkylation sites (N-methyl/N-ethyl adjacent to an activating group) is 1. The summed E-state index contributed by atoms with van der Waals surface area (Å²) in [7, 11) is 3.25. The standard InChI is InChI=1S/C22H24N6O3/c1-4-27(14-20(29)23-16-10-6-8-12-18(16)31-3)13-19-24-25-22-26(2)21(30)15-9-5-7-11-17(15)28(19)22/h5-12H,4,13-14H2,1-3H3,(H,23,29). The summed E-state index contributed by atoms with van der Waals surface area (Å²) >= 11 is 0. The molecule has 1 N–H and O–H groups in total. The number of anilines is 1. The van der Waals surface area contributed by atoms with Gasteiger partial charge in [0.15, 0.2) is 5.82 Å². The van der Waals surface area contributed by atoms with Crippen LogP contribution >= 0.6 is 0 Å². The number of aromatic nitrogens is 4. The van der Waals surface area contributed by atoms with E-state index in [9.17, 15) is 9.59 Å². The number of hydrogen-bond acceptors (Lipinski definition) is 6. The minimum Gasteiger partial charge on any atom is -0.495 e. The summed E-state index contributed by atoms with van der Waals surface area (Å²) in [4.78, 5) is 27.2. The molecule has 4 rings (SSSR count). The number of methoxy groups -OCH3 is 1. The molecule has 0 saturated heterocycles. The van der Waals surface area contributed by atoms with Gasteiger partial charge in [0.1, 0.15) is 5.75 Å². The number of rotatable bonds is 7. The minimum atomic E-state index is -0.155. The zero-order valence-electron chi connectivity index (χ0n) is 17.7. The quantitative estimate of drug-likeness (QED) is 0.492. The molecule has 0 bridgehead atoms. The summed E-state index contributed by atoms with van der Waals surface area (Å²) in [6.07, 6.45) is 0. The lowest BCUT2D eigenvalue weighted by molar-refractivity contribution is -0.117. The molecule has 0 spiro atoms. The van der Waals surface area contributed by atoms with E-state index in [1.807, 2.05) is 46.6 Å². The van der Waals surface area contributed by atoms with E-state index in [2.05, 4.69) is 15.5 Å². The highest BCUT2D eigenvalue weighted by molar-refractivity contribution is 5.93. The number of aryl methyl sites for hydroxylation is 1. The van der Waals surface area contributed by atoms with Gasteiger partial charge in [0.25, 0.3) is 5.56 Å². The van der Waals surface area contributed by atoms with Crippen LogP contribution in [0.15, 0.2) is 53.3 Å². The number of carbonyl (C=O) groups is 1. The summed E-state index contributed by atoms with van der Waals surface area (Å²) in [5.41, 5.74) is 1.25. The van der Waals surface area contributed by atoms with Crippen LogP contribution in [0.2, 0.25) is 0 Å². The van der Waals surface area contributed by atoms with Gasteiger partial charge in [0.2, 0.25) is 11.7 Å². The van der Waals surface area contributed by atoms with Gasteiger partial charge in [0.05, 0.1) is 36.8 Å². The molecule has 1 amide bonds. The zero-order valence-corrected chi connectivity index (χ0v) is 17.7. The molecule has 2 heterocycles. The molecule has 0 aliphatic carbocycles. The van der Waals surface area contributed by atoms with Crippen molar-refractivity contribution in [2.75, 3.05) is 25.5 Å². The first-order valence-corrected chi connectivity index (χ1v) is 10.0. The van der Waals surface area contributed by atoms with E-state index >= 15 is 0 Å². The largest absolute Gasteiger partial charge is 0.495 e. The Morgan fingerprint density at radius 3 is 2.65 bits per heavy atom. The molecule has 9 heteroatoms. The third-order valence-corrected chi connectivity index (χ3v) is 5.25. The van der Waals surface area contributed by atoms with Crippen LogP contribution in [-0.4, -0.2) is 50.2 Å². The van der Waals surface area contributed by atoms with Gasteiger partial charge in [-0.2, -0.15) is 0 Å². The third-order valence-electron chi connectivity index (χ3n) is 5.25. The van der Waals surface area contributed by atoms with Gasteiger partial charge >= 0.3 is 0 Å². The van der Waals surface area contributed by atoms with Crippen LogP contribution in [0, 0.1) is 0 Å². The van der Waals surface area contributed by atoms with Gasteiger partial charge in [-0.1, -0.05) is 31.2 Å². The second-order valence-corrected chi connectivity index (χ2v) is 7.18. The maximum Gasteiger partial charge on any atom is 0.262 e. The van der Waals surface area contributed by atoms with Gasteiger partial charge in [-0.3, -0.25) is 23.5 Å². The molecule has 31 heavy (non-hydrogen) atoms. The molecule has 160 valence electrons. The fraction of sp³-hybridized carbons (Fsp3) is 0.273. The predicted octanol–water partition coefficient (Wildman–Crippen LogP) is 2.05. The molecule has 4 aromatic rings. The van der Waals surface area contributed by atoms with Crippen molar-refractivity contribution in [2.45, 2.75) is 13.5 Å². The van der Waals surface area contributed by atoms with E-state index in [0.717, 1.165) is 5.52 Å². The smallest absolute Gasteiger partial charge is 0.262 e. The lowest BCUT2D eigenvalue weighted by atomic mass is 10.2. The predicted molar refractivity (Wildman–Crippen MR) is 118 cm³/mol. The van der Waals surface area contributed by atoms with Crippen molar-refractivity contribution in [1.29, 1.82) is 0 Å². The summed E-state index contributed by atoms with van der Waals surface area (Å²) in [6, 6.07) is 14.7. The Kier molecular flexibility index (Phi) is 5.68. The Morgan fingerprint density at radius 2 is 1.87 bits per heavy atom. The Balaban J connectivity index is 1.60. The van der Waals surface area contributed by atoms with Gasteiger partial charge in [-0.25, -0.2) is 0 Å². The second kappa shape index (κ2) is 8.57. The molecule has 2 aromatic carbocycles. The van der Waals surface area contributed by atoms with Crippen molar-refractivity contribution >= 4 is 28.3 Å².